The summed E-state index contributed by atoms with van der Waals surface area (Å²) >= 11 is 0. The maximum atomic E-state index is 13.2. The number of ether oxygens (including phenoxy) is 2. The molecule has 5 heteroatoms. The van der Waals surface area contributed by atoms with Gasteiger partial charge in [0.1, 0.15) is 11.4 Å². The van der Waals surface area contributed by atoms with Gasteiger partial charge >= 0.3 is 5.97 Å². The van der Waals surface area contributed by atoms with Gasteiger partial charge in [-0.05, 0) is 54.9 Å². The fourth-order valence-corrected chi connectivity index (χ4v) is 5.21. The Bertz CT molecular complexity index is 939. The van der Waals surface area contributed by atoms with E-state index in [2.05, 4.69) is 0 Å². The highest BCUT2D eigenvalue weighted by Crippen LogP contribution is 2.45. The van der Waals surface area contributed by atoms with Crippen molar-refractivity contribution in [3.63, 3.8) is 0 Å². The molecule has 0 aromatic heterocycles. The van der Waals surface area contributed by atoms with E-state index in [1.54, 1.807) is 7.11 Å². The quantitative estimate of drug-likeness (QED) is 0.452. The lowest BCUT2D eigenvalue weighted by Gasteiger charge is -2.42. The van der Waals surface area contributed by atoms with Crippen LogP contribution in [0.3, 0.4) is 0 Å². The number of carbonyl (C=O) groups excluding carboxylic acids is 3. The van der Waals surface area contributed by atoms with Crippen molar-refractivity contribution < 1.29 is 23.9 Å². The number of carbonyl (C=O) groups is 3. The average molecular weight is 435 g/mol. The number of hydrogen-bond donors (Lipinski definition) is 0. The molecule has 0 N–H and O–H groups in total. The lowest BCUT2D eigenvalue weighted by atomic mass is 9.73. The normalized spacial score (nSPS) is 23.7. The van der Waals surface area contributed by atoms with Crippen LogP contribution < -0.4 is 4.74 Å². The van der Waals surface area contributed by atoms with Gasteiger partial charge in [0.25, 0.3) is 0 Å². The molecule has 0 spiro atoms. The largest absolute Gasteiger partial charge is 0.497 e. The molecule has 168 valence electrons. The minimum Gasteiger partial charge on any atom is -0.497 e. The van der Waals surface area contributed by atoms with Crippen LogP contribution in [0.2, 0.25) is 0 Å². The van der Waals surface area contributed by atoms with Crippen molar-refractivity contribution in [3.05, 3.63) is 65.7 Å². The Labute approximate surface area is 189 Å². The zero-order valence-corrected chi connectivity index (χ0v) is 18.5. The minimum absolute atomic E-state index is 0.0641. The molecule has 2 aromatic rings. The molecule has 1 heterocycles. The van der Waals surface area contributed by atoms with Crippen molar-refractivity contribution in [1.82, 2.24) is 0 Å². The van der Waals surface area contributed by atoms with Gasteiger partial charge in [-0.25, -0.2) is 0 Å². The molecular weight excluding hydrogens is 404 g/mol. The summed E-state index contributed by atoms with van der Waals surface area (Å²) in [6, 6.07) is 17.0. The zero-order chi connectivity index (χ0) is 22.6. The highest BCUT2D eigenvalue weighted by molar-refractivity contribution is 6.19. The molecule has 1 aliphatic carbocycles. The number of benzene rings is 2. The van der Waals surface area contributed by atoms with Crippen molar-refractivity contribution in [2.45, 2.75) is 57.0 Å². The van der Waals surface area contributed by atoms with Crippen LogP contribution in [0.5, 0.6) is 5.75 Å². The van der Waals surface area contributed by atoms with Crippen molar-refractivity contribution in [1.29, 1.82) is 0 Å². The Hall–Kier alpha value is -2.95. The van der Waals surface area contributed by atoms with Gasteiger partial charge in [0.2, 0.25) is 0 Å². The van der Waals surface area contributed by atoms with Crippen LogP contribution in [0.15, 0.2) is 54.6 Å². The van der Waals surface area contributed by atoms with Crippen LogP contribution in [-0.4, -0.2) is 30.2 Å². The molecule has 0 radical (unpaired) electrons. The number of hydrogen-bond acceptors (Lipinski definition) is 5. The molecule has 2 fully saturated rings. The van der Waals surface area contributed by atoms with Crippen LogP contribution in [0, 0.1) is 11.8 Å². The van der Waals surface area contributed by atoms with Gasteiger partial charge in [-0.2, -0.15) is 0 Å². The van der Waals surface area contributed by atoms with E-state index in [-0.39, 0.29) is 30.3 Å². The molecule has 2 unspecified atom stereocenters. The topological polar surface area (TPSA) is 69.7 Å². The van der Waals surface area contributed by atoms with E-state index in [1.807, 2.05) is 54.6 Å². The SMILES string of the molecule is COc1ccc(CCC2(C3CCCC3)CC(=O)C(C(=O)Cc3ccccc3)C(=O)O2)cc1. The summed E-state index contributed by atoms with van der Waals surface area (Å²) in [5, 5.41) is 0. The highest BCUT2D eigenvalue weighted by Gasteiger charge is 2.53. The number of esters is 1. The maximum absolute atomic E-state index is 13.2. The Morgan fingerprint density at radius 3 is 2.31 bits per heavy atom. The second-order valence-electron chi connectivity index (χ2n) is 9.02. The Balaban J connectivity index is 1.50. The van der Waals surface area contributed by atoms with E-state index >= 15 is 0 Å². The van der Waals surface area contributed by atoms with E-state index in [0.29, 0.717) is 12.8 Å². The second kappa shape index (κ2) is 9.68. The van der Waals surface area contributed by atoms with Crippen LogP contribution in [0.4, 0.5) is 0 Å². The van der Waals surface area contributed by atoms with Crippen LogP contribution in [0.25, 0.3) is 0 Å². The Morgan fingerprint density at radius 2 is 1.69 bits per heavy atom. The highest BCUT2D eigenvalue weighted by atomic mass is 16.6. The molecule has 5 nitrogen and oxygen atoms in total. The lowest BCUT2D eigenvalue weighted by molar-refractivity contribution is -0.186. The maximum Gasteiger partial charge on any atom is 0.324 e. The van der Waals surface area contributed by atoms with E-state index in [9.17, 15) is 14.4 Å². The summed E-state index contributed by atoms with van der Waals surface area (Å²) in [6.45, 7) is 0. The number of Topliss-reactive ketones (excluding diaryl/α,β-unsaturated/α-hetero) is 2. The van der Waals surface area contributed by atoms with Gasteiger partial charge < -0.3 is 9.47 Å². The molecule has 2 aliphatic rings. The summed E-state index contributed by atoms with van der Waals surface area (Å²) in [6.07, 6.45) is 5.54. The van der Waals surface area contributed by atoms with Crippen molar-refractivity contribution >= 4 is 17.5 Å². The predicted octanol–water partition coefficient (Wildman–Crippen LogP) is 4.50. The summed E-state index contributed by atoms with van der Waals surface area (Å²) in [5.41, 5.74) is 1.09. The molecule has 1 saturated heterocycles. The van der Waals surface area contributed by atoms with Gasteiger partial charge in [-0.15, -0.1) is 0 Å². The van der Waals surface area contributed by atoms with Gasteiger partial charge in [0, 0.05) is 12.8 Å². The van der Waals surface area contributed by atoms with Crippen LogP contribution in [0.1, 0.15) is 49.7 Å². The third-order valence-electron chi connectivity index (χ3n) is 6.97. The molecule has 2 aromatic carbocycles. The van der Waals surface area contributed by atoms with Crippen molar-refractivity contribution in [2.24, 2.45) is 11.8 Å². The van der Waals surface area contributed by atoms with Crippen molar-refractivity contribution in [2.75, 3.05) is 7.11 Å². The first kappa shape index (κ1) is 22.3. The van der Waals surface area contributed by atoms with E-state index < -0.39 is 17.5 Å². The fraction of sp³-hybridized carbons (Fsp3) is 0.444. The van der Waals surface area contributed by atoms with Gasteiger partial charge in [0.15, 0.2) is 17.5 Å². The molecule has 32 heavy (non-hydrogen) atoms. The summed E-state index contributed by atoms with van der Waals surface area (Å²) in [4.78, 5) is 39.0. The second-order valence-corrected chi connectivity index (χ2v) is 9.02. The van der Waals surface area contributed by atoms with Crippen LogP contribution >= 0.6 is 0 Å². The number of methoxy groups -OCH3 is 1. The van der Waals surface area contributed by atoms with E-state index in [4.69, 9.17) is 9.47 Å². The van der Waals surface area contributed by atoms with Gasteiger partial charge in [-0.1, -0.05) is 55.3 Å². The van der Waals surface area contributed by atoms with E-state index in [1.165, 1.54) is 0 Å². The van der Waals surface area contributed by atoms with Gasteiger partial charge in [-0.3, -0.25) is 14.4 Å². The molecule has 0 amide bonds. The summed E-state index contributed by atoms with van der Waals surface area (Å²) < 4.78 is 11.3. The molecule has 0 bridgehead atoms. The molecule has 4 rings (SSSR count). The molecule has 1 saturated carbocycles. The van der Waals surface area contributed by atoms with Crippen LogP contribution in [-0.2, 0) is 32.0 Å². The molecular formula is C27H30O5. The number of aryl methyl sites for hydroxylation is 1. The first-order chi connectivity index (χ1) is 15.5. The standard InChI is InChI=1S/C27H30O5/c1-31-22-13-11-19(12-14-22)15-16-27(21-9-5-6-10-21)18-24(29)25(26(30)32-27)23(28)17-20-7-3-2-4-8-20/h2-4,7-8,11-14,21,25H,5-6,9-10,15-18H2,1H3. The minimum atomic E-state index is -1.30. The van der Waals surface area contributed by atoms with E-state index in [0.717, 1.165) is 42.6 Å². The summed E-state index contributed by atoms with van der Waals surface area (Å²) in [7, 11) is 1.63. The number of cyclic esters (lactones) is 1. The Morgan fingerprint density at radius 1 is 1.00 bits per heavy atom. The molecule has 2 atom stereocenters. The fourth-order valence-electron chi connectivity index (χ4n) is 5.21. The molecule has 1 aliphatic heterocycles. The van der Waals surface area contributed by atoms with Crippen molar-refractivity contribution in [3.8, 4) is 5.75 Å². The first-order valence-corrected chi connectivity index (χ1v) is 11.5. The smallest absolute Gasteiger partial charge is 0.324 e. The monoisotopic (exact) mass is 434 g/mol. The predicted molar refractivity (Wildman–Crippen MR) is 120 cm³/mol. The third kappa shape index (κ3) is 4.77. The lowest BCUT2D eigenvalue weighted by Crippen LogP contribution is -2.53. The average Bonchev–Trinajstić information content (AvgIpc) is 3.34. The number of ketones is 2. The van der Waals surface area contributed by atoms with Gasteiger partial charge in [0.05, 0.1) is 7.11 Å². The first-order valence-electron chi connectivity index (χ1n) is 11.5. The summed E-state index contributed by atoms with van der Waals surface area (Å²) in [5.74, 6) is -1.67. The Kier molecular flexibility index (Phi) is 6.73. The number of rotatable bonds is 8. The third-order valence-corrected chi connectivity index (χ3v) is 6.97. The zero-order valence-electron chi connectivity index (χ0n) is 18.5.